The van der Waals surface area contributed by atoms with Gasteiger partial charge in [0, 0.05) is 36.5 Å². The molecule has 2 aliphatic rings. The number of benzene rings is 1. The molecule has 3 nitrogen and oxygen atoms in total. The minimum Gasteiger partial charge on any atom is -0.347 e. The number of ketones is 1. The molecule has 1 saturated heterocycles. The number of anilines is 1. The first-order chi connectivity index (χ1) is 12.1. The van der Waals surface area contributed by atoms with Gasteiger partial charge in [-0.2, -0.15) is 13.2 Å². The van der Waals surface area contributed by atoms with Gasteiger partial charge in [0.1, 0.15) is 0 Å². The highest BCUT2D eigenvalue weighted by atomic mass is 19.4. The lowest BCUT2D eigenvalue weighted by Gasteiger charge is -2.33. The lowest BCUT2D eigenvalue weighted by molar-refractivity contribution is -0.186. The summed E-state index contributed by atoms with van der Waals surface area (Å²) < 4.78 is 38.9. The number of nitrogens with zero attached hydrogens (tertiary/aromatic N) is 2. The van der Waals surface area contributed by atoms with Crippen molar-refractivity contribution < 1.29 is 18.0 Å². The van der Waals surface area contributed by atoms with E-state index in [1.54, 1.807) is 11.0 Å². The summed E-state index contributed by atoms with van der Waals surface area (Å²) in [7, 11) is 1.92. The second kappa shape index (κ2) is 6.72. The topological polar surface area (TPSA) is 23.6 Å². The van der Waals surface area contributed by atoms with Crippen molar-refractivity contribution in [3.05, 3.63) is 41.6 Å². The number of para-hydroxylation sites is 1. The molecule has 26 heavy (non-hydrogen) atoms. The van der Waals surface area contributed by atoms with Crippen LogP contribution < -0.4 is 4.90 Å². The number of halogens is 3. The molecule has 0 aliphatic carbocycles. The summed E-state index contributed by atoms with van der Waals surface area (Å²) in [6.07, 6.45) is -1.95. The van der Waals surface area contributed by atoms with Gasteiger partial charge in [-0.3, -0.25) is 9.69 Å². The number of allylic oxidation sites excluding steroid dienone is 1. The van der Waals surface area contributed by atoms with E-state index in [0.717, 1.165) is 16.9 Å². The van der Waals surface area contributed by atoms with Crippen LogP contribution in [-0.2, 0) is 10.2 Å². The van der Waals surface area contributed by atoms with E-state index in [1.165, 1.54) is 0 Å². The standard InChI is InChI=1S/C20H25F3N2O/c1-19(2)16-8-4-5-9-17(16)24(3)18(19)11-15(26)13-25-10-6-7-14(12-25)20(21,22)23/h4-5,8-9,11,14H,6-7,10,12-13H2,1-3H3/b18-11-. The van der Waals surface area contributed by atoms with Gasteiger partial charge in [-0.15, -0.1) is 0 Å². The van der Waals surface area contributed by atoms with Crippen LogP contribution in [0.25, 0.3) is 0 Å². The summed E-state index contributed by atoms with van der Waals surface area (Å²) in [4.78, 5) is 16.2. The average Bonchev–Trinajstić information content (AvgIpc) is 2.76. The number of hydrogen-bond acceptors (Lipinski definition) is 3. The summed E-state index contributed by atoms with van der Waals surface area (Å²) in [5, 5.41) is 0. The number of carbonyl (C=O) groups excluding carboxylic acids is 1. The number of fused-ring (bicyclic) bond motifs is 1. The van der Waals surface area contributed by atoms with Gasteiger partial charge in [0.25, 0.3) is 0 Å². The van der Waals surface area contributed by atoms with Crippen molar-refractivity contribution in [1.29, 1.82) is 0 Å². The summed E-state index contributed by atoms with van der Waals surface area (Å²) in [6, 6.07) is 8.00. The summed E-state index contributed by atoms with van der Waals surface area (Å²) in [5.74, 6) is -1.47. The Morgan fingerprint density at radius 3 is 2.65 bits per heavy atom. The van der Waals surface area contributed by atoms with Crippen molar-refractivity contribution in [2.24, 2.45) is 5.92 Å². The third-order valence-corrected chi connectivity index (χ3v) is 5.59. The van der Waals surface area contributed by atoms with E-state index in [-0.39, 0.29) is 30.7 Å². The van der Waals surface area contributed by atoms with E-state index in [9.17, 15) is 18.0 Å². The van der Waals surface area contributed by atoms with Crippen molar-refractivity contribution in [1.82, 2.24) is 4.90 Å². The molecule has 0 aromatic heterocycles. The Labute approximate surface area is 152 Å². The molecule has 0 amide bonds. The highest BCUT2D eigenvalue weighted by Gasteiger charge is 2.42. The van der Waals surface area contributed by atoms with Crippen molar-refractivity contribution in [3.8, 4) is 0 Å². The van der Waals surface area contributed by atoms with Crippen LogP contribution >= 0.6 is 0 Å². The summed E-state index contributed by atoms with van der Waals surface area (Å²) >= 11 is 0. The molecule has 0 bridgehead atoms. The molecule has 0 radical (unpaired) electrons. The molecular formula is C20H25F3N2O. The van der Waals surface area contributed by atoms with Crippen LogP contribution in [0.3, 0.4) is 0 Å². The van der Waals surface area contributed by atoms with Gasteiger partial charge in [0.05, 0.1) is 12.5 Å². The van der Waals surface area contributed by atoms with Crippen LogP contribution in [0.15, 0.2) is 36.0 Å². The minimum atomic E-state index is -4.19. The number of alkyl halides is 3. The number of hydrogen-bond donors (Lipinski definition) is 0. The molecule has 1 fully saturated rings. The smallest absolute Gasteiger partial charge is 0.347 e. The zero-order chi connectivity index (χ0) is 19.1. The Morgan fingerprint density at radius 2 is 2.00 bits per heavy atom. The molecule has 1 aromatic rings. The number of piperidine rings is 1. The molecular weight excluding hydrogens is 341 g/mol. The van der Waals surface area contributed by atoms with Crippen LogP contribution in [-0.4, -0.2) is 43.5 Å². The lowest BCUT2D eigenvalue weighted by atomic mass is 9.83. The van der Waals surface area contributed by atoms with Crippen LogP contribution in [0.5, 0.6) is 0 Å². The second-order valence-electron chi connectivity index (χ2n) is 7.81. The molecule has 0 saturated carbocycles. The van der Waals surface area contributed by atoms with Crippen molar-refractivity contribution in [2.75, 3.05) is 31.6 Å². The third kappa shape index (κ3) is 3.52. The Hall–Kier alpha value is -1.82. The fraction of sp³-hybridized carbons (Fsp3) is 0.550. The van der Waals surface area contributed by atoms with Gasteiger partial charge >= 0.3 is 6.18 Å². The average molecular weight is 366 g/mol. The second-order valence-corrected chi connectivity index (χ2v) is 7.81. The summed E-state index contributed by atoms with van der Waals surface area (Å²) in [6.45, 7) is 4.62. The van der Waals surface area contributed by atoms with Crippen LogP contribution in [0.4, 0.5) is 18.9 Å². The molecule has 2 aliphatic heterocycles. The van der Waals surface area contributed by atoms with Crippen molar-refractivity contribution in [2.45, 2.75) is 38.3 Å². The highest BCUT2D eigenvalue weighted by Crippen LogP contribution is 2.46. The normalized spacial score (nSPS) is 24.8. The molecule has 0 spiro atoms. The molecule has 6 heteroatoms. The Kier molecular flexibility index (Phi) is 4.90. The first-order valence-electron chi connectivity index (χ1n) is 8.98. The van der Waals surface area contributed by atoms with Gasteiger partial charge in [-0.25, -0.2) is 0 Å². The van der Waals surface area contributed by atoms with Crippen LogP contribution in [0.1, 0.15) is 32.3 Å². The van der Waals surface area contributed by atoms with Crippen LogP contribution in [0, 0.1) is 5.92 Å². The zero-order valence-electron chi connectivity index (χ0n) is 15.4. The molecule has 1 aromatic carbocycles. The quantitative estimate of drug-likeness (QED) is 0.751. The number of likely N-dealkylation sites (N-methyl/N-ethyl adjacent to an activating group) is 1. The predicted molar refractivity (Wildman–Crippen MR) is 96.2 cm³/mol. The van der Waals surface area contributed by atoms with E-state index < -0.39 is 12.1 Å². The molecule has 1 atom stereocenters. The van der Waals surface area contributed by atoms with Gasteiger partial charge in [-0.05, 0) is 31.0 Å². The zero-order valence-corrected chi connectivity index (χ0v) is 15.4. The number of rotatable bonds is 3. The number of likely N-dealkylation sites (tertiary alicyclic amines) is 1. The maximum Gasteiger partial charge on any atom is 0.393 e. The van der Waals surface area contributed by atoms with E-state index in [2.05, 4.69) is 19.9 Å². The Morgan fingerprint density at radius 1 is 1.31 bits per heavy atom. The largest absolute Gasteiger partial charge is 0.393 e. The van der Waals surface area contributed by atoms with Gasteiger partial charge in [0.2, 0.25) is 0 Å². The first kappa shape index (κ1) is 19.0. The van der Waals surface area contributed by atoms with Crippen molar-refractivity contribution >= 4 is 11.5 Å². The molecule has 3 rings (SSSR count). The molecule has 1 unspecified atom stereocenters. The monoisotopic (exact) mass is 366 g/mol. The van der Waals surface area contributed by atoms with E-state index in [1.807, 2.05) is 30.1 Å². The molecule has 2 heterocycles. The van der Waals surface area contributed by atoms with E-state index in [4.69, 9.17) is 0 Å². The molecule has 142 valence electrons. The first-order valence-corrected chi connectivity index (χ1v) is 8.98. The predicted octanol–water partition coefficient (Wildman–Crippen LogP) is 4.14. The Bertz CT molecular complexity index is 724. The maximum absolute atomic E-state index is 13.0. The number of carbonyl (C=O) groups is 1. The van der Waals surface area contributed by atoms with E-state index in [0.29, 0.717) is 13.0 Å². The fourth-order valence-electron chi connectivity index (χ4n) is 4.14. The van der Waals surface area contributed by atoms with Crippen LogP contribution in [0.2, 0.25) is 0 Å². The van der Waals surface area contributed by atoms with Gasteiger partial charge in [0.15, 0.2) is 5.78 Å². The maximum atomic E-state index is 13.0. The summed E-state index contributed by atoms with van der Waals surface area (Å²) in [5.41, 5.74) is 2.79. The van der Waals surface area contributed by atoms with Gasteiger partial charge < -0.3 is 4.90 Å². The third-order valence-electron chi connectivity index (χ3n) is 5.59. The Balaban J connectivity index is 1.73. The van der Waals surface area contributed by atoms with Crippen molar-refractivity contribution in [3.63, 3.8) is 0 Å². The lowest BCUT2D eigenvalue weighted by Crippen LogP contribution is -2.43. The fourth-order valence-corrected chi connectivity index (χ4v) is 4.14. The minimum absolute atomic E-state index is 0.0380. The highest BCUT2D eigenvalue weighted by molar-refractivity contribution is 5.94. The van der Waals surface area contributed by atoms with Gasteiger partial charge in [-0.1, -0.05) is 32.0 Å². The SMILES string of the molecule is CN1/C(=C\C(=O)CN2CCCC(C(F)(F)F)C2)C(C)(C)c2ccccc21. The van der Waals surface area contributed by atoms with E-state index >= 15 is 0 Å². The molecule has 0 N–H and O–H groups in total.